The van der Waals surface area contributed by atoms with Gasteiger partial charge in [-0.2, -0.15) is 0 Å². The fourth-order valence-electron chi connectivity index (χ4n) is 3.23. The first-order valence-corrected chi connectivity index (χ1v) is 11.8. The molecule has 11 heteroatoms. The minimum Gasteiger partial charge on any atom is -0.444 e. The molecular weight excluding hydrogens is 471 g/mol. The zero-order valence-corrected chi connectivity index (χ0v) is 20.4. The van der Waals surface area contributed by atoms with E-state index in [2.05, 4.69) is 25.3 Å². The first kappa shape index (κ1) is 24.3. The van der Waals surface area contributed by atoms with Crippen molar-refractivity contribution in [3.05, 3.63) is 70.3 Å². The van der Waals surface area contributed by atoms with Crippen molar-refractivity contribution in [1.29, 1.82) is 0 Å². The third-order valence-corrected chi connectivity index (χ3v) is 5.71. The van der Waals surface area contributed by atoms with Gasteiger partial charge in [0, 0.05) is 24.5 Å². The molecule has 0 aliphatic rings. The Hall–Kier alpha value is -3.86. The number of amides is 2. The van der Waals surface area contributed by atoms with E-state index in [1.54, 1.807) is 31.1 Å². The Bertz CT molecular complexity index is 1310. The molecule has 0 saturated heterocycles. The molecule has 9 nitrogen and oxygen atoms in total. The summed E-state index contributed by atoms with van der Waals surface area (Å²) in [6.45, 7) is 5.94. The van der Waals surface area contributed by atoms with E-state index in [0.717, 1.165) is 11.0 Å². The largest absolute Gasteiger partial charge is 0.444 e. The minimum absolute atomic E-state index is 0.149. The second-order valence-electron chi connectivity index (χ2n) is 8.77. The first-order chi connectivity index (χ1) is 16.7. The molecule has 0 aliphatic heterocycles. The molecule has 1 aromatic carbocycles. The van der Waals surface area contributed by atoms with Crippen LogP contribution in [0.1, 0.15) is 42.1 Å². The van der Waals surface area contributed by atoms with Gasteiger partial charge in [0.1, 0.15) is 17.1 Å². The zero-order valence-electron chi connectivity index (χ0n) is 19.5. The Morgan fingerprint density at radius 1 is 1.17 bits per heavy atom. The highest BCUT2D eigenvalue weighted by Crippen LogP contribution is 2.18. The summed E-state index contributed by atoms with van der Waals surface area (Å²) in [7, 11) is 0. The average molecular weight is 497 g/mol. The number of H-pyrrole nitrogens is 1. The lowest BCUT2D eigenvalue weighted by molar-refractivity contribution is 0.0231. The molecule has 2 amide bonds. The van der Waals surface area contributed by atoms with Gasteiger partial charge in [-0.05, 0) is 45.0 Å². The molecule has 0 saturated carbocycles. The van der Waals surface area contributed by atoms with Gasteiger partial charge in [0.05, 0.1) is 22.6 Å². The van der Waals surface area contributed by atoms with Crippen molar-refractivity contribution in [2.75, 3.05) is 11.9 Å². The number of benzene rings is 1. The number of para-hydroxylation sites is 2. The Morgan fingerprint density at radius 3 is 2.71 bits per heavy atom. The van der Waals surface area contributed by atoms with Gasteiger partial charge >= 0.3 is 6.09 Å². The lowest BCUT2D eigenvalue weighted by Crippen LogP contribution is -2.37. The normalized spacial score (nSPS) is 11.4. The molecule has 0 radical (unpaired) electrons. The van der Waals surface area contributed by atoms with E-state index in [4.69, 9.17) is 4.74 Å². The Kier molecular flexibility index (Phi) is 7.06. The molecular formula is C24H25FN6O3S. The SMILES string of the molecule is CC(C)(C)OC(=O)N(CCc1nc(C(=O)Nc2ncccc2F)cs1)Cc1nc2ccccc2[nH]1. The van der Waals surface area contributed by atoms with E-state index in [-0.39, 0.29) is 18.1 Å². The molecule has 0 atom stereocenters. The quantitative estimate of drug-likeness (QED) is 0.381. The van der Waals surface area contributed by atoms with Gasteiger partial charge in [0.15, 0.2) is 11.6 Å². The van der Waals surface area contributed by atoms with E-state index in [0.29, 0.717) is 23.8 Å². The number of halogens is 1. The molecule has 0 aliphatic carbocycles. The lowest BCUT2D eigenvalue weighted by atomic mass is 10.2. The fraction of sp³-hybridized carbons (Fsp3) is 0.292. The standard InChI is InChI=1S/C24H25FN6O3S/c1-24(2,3)34-23(33)31(13-19-27-16-8-4-5-9-17(16)28-19)12-10-20-29-18(14-35-20)22(32)30-21-15(25)7-6-11-26-21/h4-9,11,14H,10,12-13H2,1-3H3,(H,27,28)(H,26,30,32). The van der Waals surface area contributed by atoms with Crippen molar-refractivity contribution >= 4 is 40.2 Å². The van der Waals surface area contributed by atoms with Crippen molar-refractivity contribution in [3.63, 3.8) is 0 Å². The molecule has 4 aromatic rings. The number of carbonyl (C=O) groups excluding carboxylic acids is 2. The van der Waals surface area contributed by atoms with Crippen LogP contribution in [0.2, 0.25) is 0 Å². The molecule has 3 heterocycles. The van der Waals surface area contributed by atoms with Crippen molar-refractivity contribution in [2.24, 2.45) is 0 Å². The van der Waals surface area contributed by atoms with E-state index in [1.807, 2.05) is 24.3 Å². The topological polar surface area (TPSA) is 113 Å². The van der Waals surface area contributed by atoms with Crippen molar-refractivity contribution in [3.8, 4) is 0 Å². The summed E-state index contributed by atoms with van der Waals surface area (Å²) in [6.07, 6.45) is 1.31. The third kappa shape index (κ3) is 6.38. The number of imidazole rings is 1. The average Bonchev–Trinajstić information content (AvgIpc) is 3.43. The minimum atomic E-state index is -0.656. The highest BCUT2D eigenvalue weighted by Gasteiger charge is 2.24. The van der Waals surface area contributed by atoms with Crippen LogP contribution in [0.25, 0.3) is 11.0 Å². The van der Waals surface area contributed by atoms with Crippen LogP contribution in [-0.2, 0) is 17.7 Å². The van der Waals surface area contributed by atoms with Crippen molar-refractivity contribution in [2.45, 2.75) is 39.3 Å². The molecule has 0 bridgehead atoms. The number of nitrogens with zero attached hydrogens (tertiary/aromatic N) is 4. The van der Waals surface area contributed by atoms with Crippen molar-refractivity contribution < 1.29 is 18.7 Å². The summed E-state index contributed by atoms with van der Waals surface area (Å²) in [5.41, 5.74) is 1.19. The maximum Gasteiger partial charge on any atom is 0.410 e. The molecule has 2 N–H and O–H groups in total. The van der Waals surface area contributed by atoms with Gasteiger partial charge < -0.3 is 19.9 Å². The number of thiazole rings is 1. The summed E-state index contributed by atoms with van der Waals surface area (Å²) in [4.78, 5) is 42.8. The lowest BCUT2D eigenvalue weighted by Gasteiger charge is -2.26. The summed E-state index contributed by atoms with van der Waals surface area (Å²) >= 11 is 1.28. The summed E-state index contributed by atoms with van der Waals surface area (Å²) in [5.74, 6) is -0.714. The van der Waals surface area contributed by atoms with Crippen LogP contribution in [0.15, 0.2) is 48.0 Å². The fourth-order valence-corrected chi connectivity index (χ4v) is 4.00. The molecule has 35 heavy (non-hydrogen) atoms. The van der Waals surface area contributed by atoms with Crippen LogP contribution in [-0.4, -0.2) is 49.0 Å². The van der Waals surface area contributed by atoms with Crippen LogP contribution in [0.5, 0.6) is 0 Å². The Balaban J connectivity index is 1.44. The number of aromatic nitrogens is 4. The third-order valence-electron chi connectivity index (χ3n) is 4.80. The highest BCUT2D eigenvalue weighted by molar-refractivity contribution is 7.09. The summed E-state index contributed by atoms with van der Waals surface area (Å²) in [5, 5.41) is 4.65. The smallest absolute Gasteiger partial charge is 0.410 e. The highest BCUT2D eigenvalue weighted by atomic mass is 32.1. The number of hydrogen-bond acceptors (Lipinski definition) is 7. The molecule has 0 unspecified atom stereocenters. The monoisotopic (exact) mass is 496 g/mol. The molecule has 182 valence electrons. The number of hydrogen-bond donors (Lipinski definition) is 2. The Labute approximate surface area is 205 Å². The number of ether oxygens (including phenoxy) is 1. The van der Waals surface area contributed by atoms with E-state index >= 15 is 0 Å². The molecule has 0 fully saturated rings. The maximum atomic E-state index is 13.8. The number of pyridine rings is 1. The molecule has 0 spiro atoms. The van der Waals surface area contributed by atoms with Crippen LogP contribution in [0.4, 0.5) is 15.0 Å². The number of rotatable bonds is 7. The second kappa shape index (κ2) is 10.2. The first-order valence-electron chi connectivity index (χ1n) is 11.0. The van der Waals surface area contributed by atoms with Gasteiger partial charge in [0.2, 0.25) is 0 Å². The number of anilines is 1. The van der Waals surface area contributed by atoms with Crippen LogP contribution < -0.4 is 5.32 Å². The van der Waals surface area contributed by atoms with Crippen LogP contribution >= 0.6 is 11.3 Å². The molecule has 4 rings (SSSR count). The van der Waals surface area contributed by atoms with Gasteiger partial charge in [-0.1, -0.05) is 12.1 Å². The van der Waals surface area contributed by atoms with E-state index in [9.17, 15) is 14.0 Å². The number of fused-ring (bicyclic) bond motifs is 1. The van der Waals surface area contributed by atoms with E-state index < -0.39 is 23.4 Å². The Morgan fingerprint density at radius 2 is 1.97 bits per heavy atom. The summed E-state index contributed by atoms with van der Waals surface area (Å²) in [6, 6.07) is 10.3. The van der Waals surface area contributed by atoms with Crippen molar-refractivity contribution in [1.82, 2.24) is 24.8 Å². The molecule has 3 aromatic heterocycles. The van der Waals surface area contributed by atoms with E-state index in [1.165, 1.54) is 29.7 Å². The van der Waals surface area contributed by atoms with Crippen LogP contribution in [0.3, 0.4) is 0 Å². The second-order valence-corrected chi connectivity index (χ2v) is 9.71. The van der Waals surface area contributed by atoms with Gasteiger partial charge in [-0.3, -0.25) is 4.79 Å². The van der Waals surface area contributed by atoms with Gasteiger partial charge in [-0.15, -0.1) is 11.3 Å². The predicted octanol–water partition coefficient (Wildman–Crippen LogP) is 4.79. The van der Waals surface area contributed by atoms with Gasteiger partial charge in [-0.25, -0.2) is 24.1 Å². The summed E-state index contributed by atoms with van der Waals surface area (Å²) < 4.78 is 19.3. The zero-order chi connectivity index (χ0) is 25.0. The van der Waals surface area contributed by atoms with Gasteiger partial charge in [0.25, 0.3) is 5.91 Å². The van der Waals surface area contributed by atoms with Crippen LogP contribution in [0, 0.1) is 5.82 Å². The number of carbonyl (C=O) groups is 2. The number of aromatic amines is 1. The number of nitrogens with one attached hydrogen (secondary N) is 2. The maximum absolute atomic E-state index is 13.8. The predicted molar refractivity (Wildman–Crippen MR) is 131 cm³/mol.